The van der Waals surface area contributed by atoms with Crippen LogP contribution in [0.15, 0.2) is 36.4 Å². The van der Waals surface area contributed by atoms with Crippen molar-refractivity contribution < 1.29 is 49.1 Å². The Bertz CT molecular complexity index is 1300. The fraction of sp³-hybridized carbons (Fsp3) is 0.250. The van der Waals surface area contributed by atoms with Gasteiger partial charge in [-0.25, -0.2) is 4.98 Å². The quantitative estimate of drug-likeness (QED) is 0.366. The van der Waals surface area contributed by atoms with E-state index in [4.69, 9.17) is 11.6 Å². The maximum Gasteiger partial charge on any atom is 0.416 e. The summed E-state index contributed by atoms with van der Waals surface area (Å²) in [5, 5.41) is 2.78. The average molecular weight is 547 g/mol. The Morgan fingerprint density at radius 3 is 2.22 bits per heavy atom. The maximum atomic E-state index is 13.6. The number of nitrogens with zero attached hydrogens (tertiary/aromatic N) is 1. The Morgan fingerprint density at radius 2 is 1.64 bits per heavy atom. The van der Waals surface area contributed by atoms with E-state index < -0.39 is 65.4 Å². The second kappa shape index (κ2) is 9.52. The van der Waals surface area contributed by atoms with E-state index in [1.165, 1.54) is 0 Å². The average Bonchev–Trinajstić information content (AvgIpc) is 3.16. The summed E-state index contributed by atoms with van der Waals surface area (Å²) in [5.74, 6) is -3.42. The van der Waals surface area contributed by atoms with Crippen LogP contribution in [0.1, 0.15) is 38.1 Å². The summed E-state index contributed by atoms with van der Waals surface area (Å²) in [4.78, 5) is 30.5. The molecule has 6 nitrogen and oxygen atoms in total. The van der Waals surface area contributed by atoms with Crippen LogP contribution in [0.2, 0.25) is 5.02 Å². The summed E-state index contributed by atoms with van der Waals surface area (Å²) in [6, 6.07) is 1.37. The Hall–Kier alpha value is -3.49. The van der Waals surface area contributed by atoms with Crippen molar-refractivity contribution in [1.29, 1.82) is 0 Å². The van der Waals surface area contributed by atoms with Gasteiger partial charge in [0, 0.05) is 0 Å². The van der Waals surface area contributed by atoms with Crippen LogP contribution in [0.5, 0.6) is 0 Å². The predicted molar refractivity (Wildman–Crippen MR) is 107 cm³/mol. The normalized spacial score (nSPS) is 13.5. The first kappa shape index (κ1) is 27.1. The van der Waals surface area contributed by atoms with Crippen LogP contribution in [-0.2, 0) is 6.18 Å². The molecule has 1 aromatic heterocycles. The summed E-state index contributed by atoms with van der Waals surface area (Å²) in [5.41, 5.74) is -2.97. The first-order valence-electron chi connectivity index (χ1n) is 9.54. The minimum absolute atomic E-state index is 0.0554. The number of fused-ring (bicyclic) bond motifs is 1. The van der Waals surface area contributed by atoms with Crippen LogP contribution in [-0.4, -0.2) is 40.7 Å². The van der Waals surface area contributed by atoms with Crippen molar-refractivity contribution in [1.82, 2.24) is 20.6 Å². The number of rotatable bonds is 5. The van der Waals surface area contributed by atoms with Gasteiger partial charge in [0.05, 0.1) is 27.2 Å². The van der Waals surface area contributed by atoms with Gasteiger partial charge >= 0.3 is 18.5 Å². The van der Waals surface area contributed by atoms with Crippen molar-refractivity contribution in [2.45, 2.75) is 24.6 Å². The molecule has 0 saturated carbocycles. The highest BCUT2D eigenvalue weighted by Crippen LogP contribution is 2.36. The number of hydrogen-bond donors (Lipinski definition) is 3. The van der Waals surface area contributed by atoms with Crippen molar-refractivity contribution in [3.63, 3.8) is 0 Å². The van der Waals surface area contributed by atoms with Gasteiger partial charge in [-0.15, -0.1) is 0 Å². The molecule has 0 aliphatic rings. The largest absolute Gasteiger partial charge is 0.416 e. The van der Waals surface area contributed by atoms with Gasteiger partial charge in [-0.2, -0.15) is 39.5 Å². The molecule has 3 rings (SSSR count). The number of amides is 2. The molecule has 3 aromatic rings. The topological polar surface area (TPSA) is 86.9 Å². The molecular weight excluding hydrogens is 535 g/mol. The van der Waals surface area contributed by atoms with Crippen LogP contribution in [0.3, 0.4) is 0 Å². The second-order valence-corrected chi connectivity index (χ2v) is 7.71. The van der Waals surface area contributed by atoms with E-state index in [1.54, 1.807) is 10.6 Å². The van der Waals surface area contributed by atoms with E-state index in [-0.39, 0.29) is 22.1 Å². The molecule has 0 fully saturated rings. The molecule has 1 unspecified atom stereocenters. The molecule has 194 valence electrons. The maximum absolute atomic E-state index is 13.6. The van der Waals surface area contributed by atoms with Crippen LogP contribution >= 0.6 is 11.6 Å². The van der Waals surface area contributed by atoms with Gasteiger partial charge in [-0.05, 0) is 29.8 Å². The molecule has 0 saturated heterocycles. The standard InChI is InChI=1S/C20H12ClF9N4O2/c21-11-6-13-12(5-10(11)16(35)31-7-18(22,23)24)32-15(33-13)17(36)34-14(20(28,29)30)8-2-1-3-9(4-8)19(25,26)27/h1-6,14H,7H2,(H,31,35)(H,32,33)(H,34,36). The van der Waals surface area contributed by atoms with Crippen LogP contribution < -0.4 is 10.6 Å². The number of halogens is 10. The van der Waals surface area contributed by atoms with Crippen molar-refractivity contribution in [2.24, 2.45) is 0 Å². The minimum Gasteiger partial charge on any atom is -0.343 e. The molecule has 1 atom stereocenters. The zero-order chi connectivity index (χ0) is 27.1. The highest BCUT2D eigenvalue weighted by molar-refractivity contribution is 6.34. The SMILES string of the molecule is O=C(NC(c1cccc(C(F)(F)F)c1)C(F)(F)F)c1nc2cc(C(=O)NCC(F)(F)F)c(Cl)cc2[nH]1. The van der Waals surface area contributed by atoms with Gasteiger partial charge < -0.3 is 15.6 Å². The minimum atomic E-state index is -5.20. The molecule has 2 amide bonds. The van der Waals surface area contributed by atoms with Gasteiger partial charge in [0.2, 0.25) is 0 Å². The van der Waals surface area contributed by atoms with Crippen molar-refractivity contribution in [3.8, 4) is 0 Å². The monoisotopic (exact) mass is 546 g/mol. The number of aromatic nitrogens is 2. The predicted octanol–water partition coefficient (Wildman–Crippen LogP) is 5.56. The number of benzene rings is 2. The fourth-order valence-electron chi connectivity index (χ4n) is 3.04. The Balaban J connectivity index is 1.89. The molecule has 0 aliphatic heterocycles. The number of aromatic amines is 1. The smallest absolute Gasteiger partial charge is 0.343 e. The zero-order valence-corrected chi connectivity index (χ0v) is 18.0. The highest BCUT2D eigenvalue weighted by Gasteiger charge is 2.43. The first-order chi connectivity index (χ1) is 16.5. The van der Waals surface area contributed by atoms with E-state index in [1.807, 2.05) is 0 Å². The van der Waals surface area contributed by atoms with E-state index in [0.717, 1.165) is 24.3 Å². The number of carbonyl (C=O) groups excluding carboxylic acids is 2. The molecule has 3 N–H and O–H groups in total. The van der Waals surface area contributed by atoms with Crippen molar-refractivity contribution in [2.75, 3.05) is 6.54 Å². The van der Waals surface area contributed by atoms with Gasteiger partial charge in [0.1, 0.15) is 6.54 Å². The van der Waals surface area contributed by atoms with E-state index in [9.17, 15) is 49.1 Å². The Kier molecular flexibility index (Phi) is 7.17. The number of nitrogens with one attached hydrogen (secondary N) is 3. The lowest BCUT2D eigenvalue weighted by molar-refractivity contribution is -0.156. The molecule has 1 heterocycles. The Labute approximate surface area is 199 Å². The van der Waals surface area contributed by atoms with Gasteiger partial charge in [0.15, 0.2) is 11.9 Å². The van der Waals surface area contributed by atoms with Crippen LogP contribution in [0.25, 0.3) is 11.0 Å². The molecule has 2 aromatic carbocycles. The lowest BCUT2D eigenvalue weighted by Gasteiger charge is -2.22. The molecule has 16 heteroatoms. The third-order valence-electron chi connectivity index (χ3n) is 4.63. The Morgan fingerprint density at radius 1 is 0.972 bits per heavy atom. The van der Waals surface area contributed by atoms with Gasteiger partial charge in [-0.3, -0.25) is 9.59 Å². The van der Waals surface area contributed by atoms with E-state index in [2.05, 4.69) is 9.97 Å². The number of imidazole rings is 1. The summed E-state index contributed by atoms with van der Waals surface area (Å²) >= 11 is 5.88. The number of hydrogen-bond acceptors (Lipinski definition) is 3. The van der Waals surface area contributed by atoms with Crippen LogP contribution in [0, 0.1) is 0 Å². The molecule has 0 bridgehead atoms. The highest BCUT2D eigenvalue weighted by atomic mass is 35.5. The third kappa shape index (κ3) is 6.38. The summed E-state index contributed by atoms with van der Waals surface area (Å²) in [6.45, 7) is -1.66. The van der Waals surface area contributed by atoms with Crippen molar-refractivity contribution >= 4 is 34.4 Å². The lowest BCUT2D eigenvalue weighted by atomic mass is 10.0. The number of H-pyrrole nitrogens is 1. The summed E-state index contributed by atoms with van der Waals surface area (Å²) < 4.78 is 117. The van der Waals surface area contributed by atoms with Gasteiger partial charge in [-0.1, -0.05) is 23.7 Å². The van der Waals surface area contributed by atoms with Crippen LogP contribution in [0.4, 0.5) is 39.5 Å². The van der Waals surface area contributed by atoms with Crippen molar-refractivity contribution in [3.05, 3.63) is 63.9 Å². The zero-order valence-electron chi connectivity index (χ0n) is 17.3. The number of alkyl halides is 9. The second-order valence-electron chi connectivity index (χ2n) is 7.30. The molecule has 0 radical (unpaired) electrons. The fourth-order valence-corrected chi connectivity index (χ4v) is 3.29. The van der Waals surface area contributed by atoms with E-state index >= 15 is 0 Å². The van der Waals surface area contributed by atoms with Gasteiger partial charge in [0.25, 0.3) is 11.8 Å². The summed E-state index contributed by atoms with van der Waals surface area (Å²) in [6.07, 6.45) is -14.8. The molecule has 36 heavy (non-hydrogen) atoms. The number of carbonyl (C=O) groups is 2. The summed E-state index contributed by atoms with van der Waals surface area (Å²) in [7, 11) is 0. The van der Waals surface area contributed by atoms with E-state index in [0.29, 0.717) is 6.07 Å². The first-order valence-corrected chi connectivity index (χ1v) is 9.92. The molecule has 0 spiro atoms. The third-order valence-corrected chi connectivity index (χ3v) is 4.94. The lowest BCUT2D eigenvalue weighted by Crippen LogP contribution is -2.38. The molecule has 0 aliphatic carbocycles. The molecular formula is C20H12ClF9N4O2.